The largest absolute Gasteiger partial charge is 0.497 e. The number of rotatable bonds is 5. The van der Waals surface area contributed by atoms with Gasteiger partial charge in [0.25, 0.3) is 0 Å². The second-order valence-corrected chi connectivity index (χ2v) is 4.38. The van der Waals surface area contributed by atoms with Gasteiger partial charge >= 0.3 is 5.97 Å². The van der Waals surface area contributed by atoms with Gasteiger partial charge in [-0.3, -0.25) is 10.1 Å². The molecule has 2 N–H and O–H groups in total. The molecular weight excluding hydrogens is 234 g/mol. The Kier molecular flexibility index (Phi) is 3.72. The molecule has 1 aliphatic rings. The SMILES string of the molecule is COc1ccc(OCC2(C(=O)O)CCCN2)cc1. The van der Waals surface area contributed by atoms with E-state index in [9.17, 15) is 9.90 Å². The van der Waals surface area contributed by atoms with E-state index in [1.54, 1.807) is 31.4 Å². The summed E-state index contributed by atoms with van der Waals surface area (Å²) in [7, 11) is 1.59. The molecule has 0 aliphatic carbocycles. The summed E-state index contributed by atoms with van der Waals surface area (Å²) in [4.78, 5) is 11.3. The van der Waals surface area contributed by atoms with Crippen molar-refractivity contribution in [2.45, 2.75) is 18.4 Å². The molecule has 0 bridgehead atoms. The number of hydrogen-bond acceptors (Lipinski definition) is 4. The fourth-order valence-corrected chi connectivity index (χ4v) is 2.05. The van der Waals surface area contributed by atoms with Crippen molar-refractivity contribution in [2.24, 2.45) is 0 Å². The lowest BCUT2D eigenvalue weighted by Crippen LogP contribution is -2.52. The lowest BCUT2D eigenvalue weighted by molar-refractivity contribution is -0.145. The van der Waals surface area contributed by atoms with E-state index in [0.717, 1.165) is 18.7 Å². The van der Waals surface area contributed by atoms with E-state index in [2.05, 4.69) is 5.32 Å². The summed E-state index contributed by atoms with van der Waals surface area (Å²) < 4.78 is 10.6. The molecule has 0 aromatic heterocycles. The normalized spacial score (nSPS) is 22.7. The molecule has 0 amide bonds. The van der Waals surface area contributed by atoms with Crippen LogP contribution >= 0.6 is 0 Å². The van der Waals surface area contributed by atoms with Gasteiger partial charge in [0.2, 0.25) is 0 Å². The monoisotopic (exact) mass is 251 g/mol. The van der Waals surface area contributed by atoms with Crippen LogP contribution in [0.15, 0.2) is 24.3 Å². The number of methoxy groups -OCH3 is 1. The van der Waals surface area contributed by atoms with E-state index < -0.39 is 11.5 Å². The predicted molar refractivity (Wildman–Crippen MR) is 66.1 cm³/mol. The number of aliphatic carboxylic acids is 1. The van der Waals surface area contributed by atoms with Gasteiger partial charge in [-0.2, -0.15) is 0 Å². The average Bonchev–Trinajstić information content (AvgIpc) is 2.87. The average molecular weight is 251 g/mol. The Morgan fingerprint density at radius 2 is 2.06 bits per heavy atom. The summed E-state index contributed by atoms with van der Waals surface area (Å²) in [6, 6.07) is 7.10. The summed E-state index contributed by atoms with van der Waals surface area (Å²) >= 11 is 0. The molecule has 1 aromatic rings. The zero-order chi connectivity index (χ0) is 13.0. The quantitative estimate of drug-likeness (QED) is 0.825. The molecule has 2 rings (SSSR count). The van der Waals surface area contributed by atoms with Crippen molar-refractivity contribution in [3.05, 3.63) is 24.3 Å². The van der Waals surface area contributed by atoms with Crippen LogP contribution in [-0.4, -0.2) is 36.9 Å². The summed E-state index contributed by atoms with van der Waals surface area (Å²) in [5.41, 5.74) is -0.945. The van der Waals surface area contributed by atoms with E-state index in [0.29, 0.717) is 12.2 Å². The minimum absolute atomic E-state index is 0.134. The zero-order valence-corrected chi connectivity index (χ0v) is 10.3. The van der Waals surface area contributed by atoms with Crippen LogP contribution in [0.2, 0.25) is 0 Å². The maximum atomic E-state index is 11.3. The number of carboxylic acid groups (broad SMARTS) is 1. The van der Waals surface area contributed by atoms with Crippen LogP contribution in [0.3, 0.4) is 0 Å². The highest BCUT2D eigenvalue weighted by molar-refractivity contribution is 5.79. The third-order valence-corrected chi connectivity index (χ3v) is 3.20. The number of carbonyl (C=O) groups is 1. The Hall–Kier alpha value is -1.75. The van der Waals surface area contributed by atoms with Gasteiger partial charge in [0.1, 0.15) is 18.1 Å². The molecule has 18 heavy (non-hydrogen) atoms. The third kappa shape index (κ3) is 2.56. The molecular formula is C13H17NO4. The molecule has 1 atom stereocenters. The highest BCUT2D eigenvalue weighted by Crippen LogP contribution is 2.23. The highest BCUT2D eigenvalue weighted by atomic mass is 16.5. The minimum atomic E-state index is -0.945. The first-order chi connectivity index (χ1) is 8.66. The van der Waals surface area contributed by atoms with Gasteiger partial charge in [0.15, 0.2) is 5.54 Å². The smallest absolute Gasteiger partial charge is 0.327 e. The number of benzene rings is 1. The lowest BCUT2D eigenvalue weighted by atomic mass is 9.99. The molecule has 1 aromatic carbocycles. The van der Waals surface area contributed by atoms with Crippen LogP contribution in [0.25, 0.3) is 0 Å². The van der Waals surface area contributed by atoms with Crippen molar-refractivity contribution in [1.82, 2.24) is 5.32 Å². The van der Waals surface area contributed by atoms with Gasteiger partial charge < -0.3 is 14.6 Å². The minimum Gasteiger partial charge on any atom is -0.497 e. The highest BCUT2D eigenvalue weighted by Gasteiger charge is 2.42. The Morgan fingerprint density at radius 3 is 2.56 bits per heavy atom. The molecule has 98 valence electrons. The van der Waals surface area contributed by atoms with E-state index in [1.165, 1.54) is 0 Å². The molecule has 1 unspecified atom stereocenters. The summed E-state index contributed by atoms with van der Waals surface area (Å²) in [5.74, 6) is 0.535. The molecule has 1 fully saturated rings. The van der Waals surface area contributed by atoms with Crippen molar-refractivity contribution in [1.29, 1.82) is 0 Å². The summed E-state index contributed by atoms with van der Waals surface area (Å²) in [6.45, 7) is 0.854. The first-order valence-corrected chi connectivity index (χ1v) is 5.91. The van der Waals surface area contributed by atoms with Crippen LogP contribution in [-0.2, 0) is 4.79 Å². The molecule has 1 saturated heterocycles. The number of carboxylic acids is 1. The van der Waals surface area contributed by atoms with Gasteiger partial charge in [-0.25, -0.2) is 0 Å². The number of nitrogens with one attached hydrogen (secondary N) is 1. The van der Waals surface area contributed by atoms with Gasteiger partial charge in [0, 0.05) is 0 Å². The second kappa shape index (κ2) is 5.27. The first-order valence-electron chi connectivity index (χ1n) is 5.91. The number of ether oxygens (including phenoxy) is 2. The summed E-state index contributed by atoms with van der Waals surface area (Å²) in [6.07, 6.45) is 1.46. The Balaban J connectivity index is 1.99. The van der Waals surface area contributed by atoms with Gasteiger partial charge in [-0.15, -0.1) is 0 Å². The van der Waals surface area contributed by atoms with Crippen molar-refractivity contribution in [3.8, 4) is 11.5 Å². The van der Waals surface area contributed by atoms with Crippen molar-refractivity contribution in [2.75, 3.05) is 20.3 Å². The molecule has 1 heterocycles. The van der Waals surface area contributed by atoms with E-state index >= 15 is 0 Å². The molecule has 5 nitrogen and oxygen atoms in total. The maximum Gasteiger partial charge on any atom is 0.327 e. The molecule has 0 saturated carbocycles. The topological polar surface area (TPSA) is 67.8 Å². The van der Waals surface area contributed by atoms with E-state index in [1.807, 2.05) is 0 Å². The van der Waals surface area contributed by atoms with Crippen LogP contribution in [0.5, 0.6) is 11.5 Å². The zero-order valence-electron chi connectivity index (χ0n) is 10.3. The van der Waals surface area contributed by atoms with Gasteiger partial charge in [0.05, 0.1) is 7.11 Å². The second-order valence-electron chi connectivity index (χ2n) is 4.38. The van der Waals surface area contributed by atoms with Crippen LogP contribution in [0, 0.1) is 0 Å². The van der Waals surface area contributed by atoms with E-state index in [4.69, 9.17) is 9.47 Å². The van der Waals surface area contributed by atoms with Crippen molar-refractivity contribution < 1.29 is 19.4 Å². The van der Waals surface area contributed by atoms with Crippen LogP contribution < -0.4 is 14.8 Å². The predicted octanol–water partition coefficient (Wildman–Crippen LogP) is 1.28. The first kappa shape index (κ1) is 12.7. The fourth-order valence-electron chi connectivity index (χ4n) is 2.05. The standard InChI is InChI=1S/C13H17NO4/c1-17-10-3-5-11(6-4-10)18-9-13(12(15)16)7-2-8-14-13/h3-6,14H,2,7-9H2,1H3,(H,15,16). The molecule has 0 spiro atoms. The van der Waals surface area contributed by atoms with Crippen LogP contribution in [0.4, 0.5) is 0 Å². The number of hydrogen-bond donors (Lipinski definition) is 2. The van der Waals surface area contributed by atoms with Gasteiger partial charge in [-0.05, 0) is 43.7 Å². The van der Waals surface area contributed by atoms with Gasteiger partial charge in [-0.1, -0.05) is 0 Å². The summed E-state index contributed by atoms with van der Waals surface area (Å²) in [5, 5.41) is 12.3. The van der Waals surface area contributed by atoms with Crippen molar-refractivity contribution in [3.63, 3.8) is 0 Å². The maximum absolute atomic E-state index is 11.3. The lowest BCUT2D eigenvalue weighted by Gasteiger charge is -2.24. The van der Waals surface area contributed by atoms with E-state index in [-0.39, 0.29) is 6.61 Å². The Labute approximate surface area is 106 Å². The molecule has 0 radical (unpaired) electrons. The van der Waals surface area contributed by atoms with Crippen LogP contribution in [0.1, 0.15) is 12.8 Å². The Morgan fingerprint density at radius 1 is 1.39 bits per heavy atom. The molecule has 1 aliphatic heterocycles. The fraction of sp³-hybridized carbons (Fsp3) is 0.462. The molecule has 5 heteroatoms. The third-order valence-electron chi connectivity index (χ3n) is 3.20. The Bertz CT molecular complexity index is 410. The van der Waals surface area contributed by atoms with Crippen molar-refractivity contribution >= 4 is 5.97 Å².